The lowest BCUT2D eigenvalue weighted by Crippen LogP contribution is -2.48. The number of β-amino-alcohol motifs (C(OH)–C–C–N with tert-alkyl or cyclic N) is 1. The van der Waals surface area contributed by atoms with Crippen molar-refractivity contribution >= 4 is 22.2 Å². The maximum atomic E-state index is 12.2. The molecule has 108 valence electrons. The quantitative estimate of drug-likeness (QED) is 0.844. The highest BCUT2D eigenvalue weighted by atomic mass is 32.1. The molecule has 20 heavy (non-hydrogen) atoms. The average molecular weight is 295 g/mol. The van der Waals surface area contributed by atoms with Crippen molar-refractivity contribution in [3.8, 4) is 0 Å². The van der Waals surface area contributed by atoms with Gasteiger partial charge < -0.3 is 15.1 Å². The smallest absolute Gasteiger partial charge is 0.228 e. The van der Waals surface area contributed by atoms with Gasteiger partial charge in [-0.3, -0.25) is 9.20 Å². The van der Waals surface area contributed by atoms with Gasteiger partial charge in [0.2, 0.25) is 5.91 Å². The van der Waals surface area contributed by atoms with Gasteiger partial charge in [-0.2, -0.15) is 0 Å². The Hall–Kier alpha value is -1.44. The maximum absolute atomic E-state index is 12.2. The highest BCUT2D eigenvalue weighted by Gasteiger charge is 2.29. The summed E-state index contributed by atoms with van der Waals surface area (Å²) in [5, 5.41) is 20.9. The molecule has 0 unspecified atom stereocenters. The summed E-state index contributed by atoms with van der Waals surface area (Å²) >= 11 is 1.53. The third kappa shape index (κ3) is 2.56. The molecule has 0 radical (unpaired) electrons. The van der Waals surface area contributed by atoms with Gasteiger partial charge in [-0.25, -0.2) is 4.98 Å². The Bertz CT molecular complexity index is 580. The predicted molar refractivity (Wildman–Crippen MR) is 74.6 cm³/mol. The SMILES string of the molecule is O=C(Cc1cn2ccsc2n1)N1CC[C@H](CO)[C@@H](O)C1. The number of fused-ring (bicyclic) bond motifs is 1. The monoisotopic (exact) mass is 295 g/mol. The minimum atomic E-state index is -0.636. The summed E-state index contributed by atoms with van der Waals surface area (Å²) in [4.78, 5) is 19.1. The lowest BCUT2D eigenvalue weighted by molar-refractivity contribution is -0.135. The van der Waals surface area contributed by atoms with Crippen LogP contribution in [0.2, 0.25) is 0 Å². The maximum Gasteiger partial charge on any atom is 0.228 e. The molecule has 1 fully saturated rings. The molecule has 1 amide bonds. The minimum absolute atomic E-state index is 0.0220. The molecule has 3 rings (SSSR count). The van der Waals surface area contributed by atoms with Crippen LogP contribution < -0.4 is 0 Å². The lowest BCUT2D eigenvalue weighted by Gasteiger charge is -2.35. The number of aliphatic hydroxyl groups is 2. The second kappa shape index (κ2) is 5.51. The number of aliphatic hydroxyl groups excluding tert-OH is 2. The molecule has 0 aliphatic carbocycles. The van der Waals surface area contributed by atoms with Crippen molar-refractivity contribution in [2.24, 2.45) is 5.92 Å². The number of imidazole rings is 1. The number of hydrogen-bond acceptors (Lipinski definition) is 5. The molecule has 0 aromatic carbocycles. The number of carbonyl (C=O) groups is 1. The first-order valence-corrected chi connectivity index (χ1v) is 7.53. The Labute approximate surface area is 120 Å². The molecule has 1 aliphatic rings. The fraction of sp³-hybridized carbons (Fsp3) is 0.538. The number of rotatable bonds is 3. The molecule has 2 N–H and O–H groups in total. The van der Waals surface area contributed by atoms with E-state index in [-0.39, 0.29) is 24.9 Å². The first-order chi connectivity index (χ1) is 9.67. The molecule has 0 saturated carbocycles. The second-order valence-electron chi connectivity index (χ2n) is 5.14. The number of carbonyl (C=O) groups excluding carboxylic acids is 1. The molecule has 2 atom stereocenters. The Morgan fingerprint density at radius 1 is 1.55 bits per heavy atom. The van der Waals surface area contributed by atoms with Crippen LogP contribution in [0.25, 0.3) is 4.96 Å². The van der Waals surface area contributed by atoms with Crippen molar-refractivity contribution in [2.75, 3.05) is 19.7 Å². The highest BCUT2D eigenvalue weighted by Crippen LogP contribution is 2.18. The summed E-state index contributed by atoms with van der Waals surface area (Å²) in [6.45, 7) is 0.857. The van der Waals surface area contributed by atoms with E-state index in [0.717, 1.165) is 10.7 Å². The molecule has 3 heterocycles. The second-order valence-corrected chi connectivity index (χ2v) is 6.01. The summed E-state index contributed by atoms with van der Waals surface area (Å²) in [7, 11) is 0. The number of nitrogens with zero attached hydrogens (tertiary/aromatic N) is 3. The molecule has 1 saturated heterocycles. The normalized spacial score (nSPS) is 23.4. The number of aromatic nitrogens is 2. The van der Waals surface area contributed by atoms with E-state index in [4.69, 9.17) is 5.11 Å². The van der Waals surface area contributed by atoms with Gasteiger partial charge in [0, 0.05) is 43.4 Å². The van der Waals surface area contributed by atoms with Crippen molar-refractivity contribution in [2.45, 2.75) is 18.9 Å². The van der Waals surface area contributed by atoms with Crippen LogP contribution in [0.15, 0.2) is 17.8 Å². The molecular weight excluding hydrogens is 278 g/mol. The summed E-state index contributed by atoms with van der Waals surface area (Å²) in [5.74, 6) is -0.136. The summed E-state index contributed by atoms with van der Waals surface area (Å²) < 4.78 is 1.90. The highest BCUT2D eigenvalue weighted by molar-refractivity contribution is 7.15. The van der Waals surface area contributed by atoms with E-state index in [1.807, 2.05) is 22.2 Å². The van der Waals surface area contributed by atoms with E-state index < -0.39 is 6.10 Å². The van der Waals surface area contributed by atoms with Crippen LogP contribution in [0.1, 0.15) is 12.1 Å². The Balaban J connectivity index is 1.63. The van der Waals surface area contributed by atoms with E-state index in [2.05, 4.69) is 4.98 Å². The first-order valence-electron chi connectivity index (χ1n) is 6.65. The first kappa shape index (κ1) is 13.5. The summed E-state index contributed by atoms with van der Waals surface area (Å²) in [6, 6.07) is 0. The number of thiazole rings is 1. The minimum Gasteiger partial charge on any atom is -0.396 e. The summed E-state index contributed by atoms with van der Waals surface area (Å²) in [5.41, 5.74) is 0.751. The van der Waals surface area contributed by atoms with E-state index in [1.165, 1.54) is 11.3 Å². The standard InChI is InChI=1S/C13H17N3O3S/c17-8-9-1-2-15(7-11(9)18)12(19)5-10-6-16-3-4-20-13(16)14-10/h3-4,6,9,11,17-18H,1-2,5,7-8H2/t9-,11+/m1/s1. The third-order valence-corrected chi connectivity index (χ3v) is 4.55. The zero-order valence-corrected chi connectivity index (χ0v) is 11.8. The van der Waals surface area contributed by atoms with Crippen molar-refractivity contribution in [3.63, 3.8) is 0 Å². The van der Waals surface area contributed by atoms with Crippen LogP contribution in [0.3, 0.4) is 0 Å². The van der Waals surface area contributed by atoms with Crippen LogP contribution in [0, 0.1) is 5.92 Å². The molecule has 1 aliphatic heterocycles. The van der Waals surface area contributed by atoms with Gasteiger partial charge in [0.1, 0.15) is 0 Å². The van der Waals surface area contributed by atoms with Gasteiger partial charge >= 0.3 is 0 Å². The van der Waals surface area contributed by atoms with Crippen molar-refractivity contribution in [1.82, 2.24) is 14.3 Å². The molecule has 2 aromatic heterocycles. The molecule has 0 spiro atoms. The van der Waals surface area contributed by atoms with E-state index >= 15 is 0 Å². The van der Waals surface area contributed by atoms with Crippen LogP contribution in [-0.2, 0) is 11.2 Å². The van der Waals surface area contributed by atoms with Crippen LogP contribution in [0.5, 0.6) is 0 Å². The van der Waals surface area contributed by atoms with Crippen molar-refractivity contribution < 1.29 is 15.0 Å². The van der Waals surface area contributed by atoms with Crippen LogP contribution >= 0.6 is 11.3 Å². The fourth-order valence-electron chi connectivity index (χ4n) is 2.55. The van der Waals surface area contributed by atoms with E-state index in [1.54, 1.807) is 4.90 Å². The molecule has 2 aromatic rings. The molecular formula is C13H17N3O3S. The van der Waals surface area contributed by atoms with Crippen LogP contribution in [-0.4, -0.2) is 56.2 Å². The van der Waals surface area contributed by atoms with Gasteiger partial charge in [-0.1, -0.05) is 0 Å². The van der Waals surface area contributed by atoms with Gasteiger partial charge in [0.25, 0.3) is 0 Å². The molecule has 0 bridgehead atoms. The Kier molecular flexibility index (Phi) is 3.73. The van der Waals surface area contributed by atoms with Gasteiger partial charge in [0.05, 0.1) is 18.2 Å². The zero-order chi connectivity index (χ0) is 14.1. The zero-order valence-electron chi connectivity index (χ0n) is 11.0. The Morgan fingerprint density at radius 2 is 2.40 bits per heavy atom. The van der Waals surface area contributed by atoms with E-state index in [9.17, 15) is 9.90 Å². The average Bonchev–Trinajstić information content (AvgIpc) is 2.99. The predicted octanol–water partition coefficient (Wildman–Crippen LogP) is 0.140. The van der Waals surface area contributed by atoms with Gasteiger partial charge in [0.15, 0.2) is 4.96 Å². The third-order valence-electron chi connectivity index (χ3n) is 3.78. The summed E-state index contributed by atoms with van der Waals surface area (Å²) in [6.07, 6.45) is 4.04. The fourth-order valence-corrected chi connectivity index (χ4v) is 3.27. The largest absolute Gasteiger partial charge is 0.396 e. The number of hydrogen-bond donors (Lipinski definition) is 2. The van der Waals surface area contributed by atoms with Crippen LogP contribution in [0.4, 0.5) is 0 Å². The number of amides is 1. The topological polar surface area (TPSA) is 78.1 Å². The number of piperidine rings is 1. The van der Waals surface area contributed by atoms with Gasteiger partial charge in [-0.05, 0) is 6.42 Å². The van der Waals surface area contributed by atoms with Gasteiger partial charge in [-0.15, -0.1) is 11.3 Å². The van der Waals surface area contributed by atoms with Crippen molar-refractivity contribution in [1.29, 1.82) is 0 Å². The van der Waals surface area contributed by atoms with E-state index in [0.29, 0.717) is 19.5 Å². The molecule has 6 nitrogen and oxygen atoms in total. The number of likely N-dealkylation sites (tertiary alicyclic amines) is 1. The molecule has 7 heteroatoms. The lowest BCUT2D eigenvalue weighted by atomic mass is 9.94. The Morgan fingerprint density at radius 3 is 3.10 bits per heavy atom. The van der Waals surface area contributed by atoms with Crippen molar-refractivity contribution in [3.05, 3.63) is 23.5 Å².